The Morgan fingerprint density at radius 2 is 2.19 bits per heavy atom. The molecule has 2 rings (SSSR count). The standard InChI is InChI=1S/C11H8ClF3N4O2/c1-2-21-9(20)6-5-17-19(8(6)11(13,14)15)7-3-4-16-10(12)18-7/h3-5H,2H2,1H3. The topological polar surface area (TPSA) is 69.9 Å². The van der Waals surface area contributed by atoms with Gasteiger partial charge in [-0.2, -0.15) is 23.3 Å². The van der Waals surface area contributed by atoms with E-state index < -0.39 is 23.4 Å². The Kier molecular flexibility index (Phi) is 4.12. The number of ether oxygens (including phenoxy) is 1. The molecule has 2 aromatic rings. The van der Waals surface area contributed by atoms with Crippen molar-refractivity contribution < 1.29 is 22.7 Å². The van der Waals surface area contributed by atoms with E-state index in [2.05, 4.69) is 19.8 Å². The summed E-state index contributed by atoms with van der Waals surface area (Å²) >= 11 is 5.54. The van der Waals surface area contributed by atoms with E-state index >= 15 is 0 Å². The molecule has 0 aliphatic carbocycles. The second kappa shape index (κ2) is 5.68. The summed E-state index contributed by atoms with van der Waals surface area (Å²) in [7, 11) is 0. The summed E-state index contributed by atoms with van der Waals surface area (Å²) < 4.78 is 44.6. The number of esters is 1. The molecule has 0 aromatic carbocycles. The molecule has 112 valence electrons. The number of hydrogen-bond acceptors (Lipinski definition) is 5. The Morgan fingerprint density at radius 1 is 1.48 bits per heavy atom. The fraction of sp³-hybridized carbons (Fsp3) is 0.273. The summed E-state index contributed by atoms with van der Waals surface area (Å²) in [6.45, 7) is 1.43. The van der Waals surface area contributed by atoms with Crippen LogP contribution in [0.2, 0.25) is 5.28 Å². The van der Waals surface area contributed by atoms with Gasteiger partial charge in [-0.25, -0.2) is 14.5 Å². The zero-order chi connectivity index (χ0) is 15.6. The van der Waals surface area contributed by atoms with Gasteiger partial charge in [0.2, 0.25) is 5.28 Å². The molecule has 0 unspecified atom stereocenters. The molecule has 2 heterocycles. The van der Waals surface area contributed by atoms with Crippen LogP contribution in [0.25, 0.3) is 5.82 Å². The molecular formula is C11H8ClF3N4O2. The van der Waals surface area contributed by atoms with Crippen LogP contribution in [0.4, 0.5) is 13.2 Å². The van der Waals surface area contributed by atoms with Crippen molar-refractivity contribution in [2.24, 2.45) is 0 Å². The van der Waals surface area contributed by atoms with Crippen molar-refractivity contribution in [3.8, 4) is 5.82 Å². The Bertz CT molecular complexity index is 672. The van der Waals surface area contributed by atoms with Crippen LogP contribution < -0.4 is 0 Å². The molecule has 0 saturated heterocycles. The fourth-order valence-electron chi connectivity index (χ4n) is 1.60. The lowest BCUT2D eigenvalue weighted by Gasteiger charge is -2.11. The molecule has 0 N–H and O–H groups in total. The number of rotatable bonds is 3. The molecule has 0 atom stereocenters. The first-order chi connectivity index (χ1) is 9.84. The third-order valence-corrected chi connectivity index (χ3v) is 2.54. The highest BCUT2D eigenvalue weighted by atomic mass is 35.5. The number of carbonyl (C=O) groups is 1. The van der Waals surface area contributed by atoms with Gasteiger partial charge in [-0.3, -0.25) is 0 Å². The molecule has 0 saturated carbocycles. The molecule has 0 aliphatic rings. The third-order valence-electron chi connectivity index (χ3n) is 2.36. The van der Waals surface area contributed by atoms with Crippen LogP contribution in [-0.2, 0) is 10.9 Å². The summed E-state index contributed by atoms with van der Waals surface area (Å²) in [5.74, 6) is -1.32. The Balaban J connectivity index is 2.60. The molecule has 21 heavy (non-hydrogen) atoms. The lowest BCUT2D eigenvalue weighted by Crippen LogP contribution is -2.19. The Hall–Kier alpha value is -2.16. The zero-order valence-electron chi connectivity index (χ0n) is 10.6. The summed E-state index contributed by atoms with van der Waals surface area (Å²) in [6.07, 6.45) is -2.87. The minimum Gasteiger partial charge on any atom is -0.462 e. The molecule has 0 bridgehead atoms. The molecule has 0 amide bonds. The zero-order valence-corrected chi connectivity index (χ0v) is 11.3. The highest BCUT2D eigenvalue weighted by molar-refractivity contribution is 6.28. The van der Waals surface area contributed by atoms with E-state index in [1.807, 2.05) is 0 Å². The van der Waals surface area contributed by atoms with Gasteiger partial charge in [0.25, 0.3) is 0 Å². The molecule has 0 spiro atoms. The minimum absolute atomic E-state index is 0.0549. The number of halogens is 4. The summed E-state index contributed by atoms with van der Waals surface area (Å²) in [4.78, 5) is 18.8. The lowest BCUT2D eigenvalue weighted by molar-refractivity contribution is -0.143. The number of nitrogens with zero attached hydrogens (tertiary/aromatic N) is 4. The van der Waals surface area contributed by atoms with Gasteiger partial charge in [0.15, 0.2) is 11.5 Å². The van der Waals surface area contributed by atoms with Gasteiger partial charge in [-0.15, -0.1) is 0 Å². The first kappa shape index (κ1) is 15.2. The van der Waals surface area contributed by atoms with Gasteiger partial charge in [-0.05, 0) is 18.5 Å². The molecule has 0 radical (unpaired) electrons. The van der Waals surface area contributed by atoms with Gasteiger partial charge in [0, 0.05) is 12.3 Å². The normalized spacial score (nSPS) is 11.5. The maximum absolute atomic E-state index is 13.2. The predicted molar refractivity (Wildman–Crippen MR) is 65.1 cm³/mol. The highest BCUT2D eigenvalue weighted by Crippen LogP contribution is 2.33. The highest BCUT2D eigenvalue weighted by Gasteiger charge is 2.41. The van der Waals surface area contributed by atoms with E-state index in [0.717, 1.165) is 6.20 Å². The molecule has 0 fully saturated rings. The molecular weight excluding hydrogens is 313 g/mol. The first-order valence-corrected chi connectivity index (χ1v) is 6.03. The number of aromatic nitrogens is 4. The van der Waals surface area contributed by atoms with Gasteiger partial charge in [0.05, 0.1) is 12.8 Å². The van der Waals surface area contributed by atoms with E-state index in [0.29, 0.717) is 4.68 Å². The van der Waals surface area contributed by atoms with Crippen molar-refractivity contribution >= 4 is 17.6 Å². The number of carbonyl (C=O) groups excluding carboxylic acids is 1. The van der Waals surface area contributed by atoms with Crippen LogP contribution in [0.15, 0.2) is 18.5 Å². The molecule has 10 heteroatoms. The number of alkyl halides is 3. The van der Waals surface area contributed by atoms with Crippen LogP contribution >= 0.6 is 11.6 Å². The molecule has 6 nitrogen and oxygen atoms in total. The van der Waals surface area contributed by atoms with Crippen LogP contribution in [0.5, 0.6) is 0 Å². The maximum atomic E-state index is 13.2. The summed E-state index contributed by atoms with van der Waals surface area (Å²) in [5, 5.41) is 3.30. The average molecular weight is 321 g/mol. The third kappa shape index (κ3) is 3.13. The Labute approximate surface area is 121 Å². The second-order valence-corrected chi connectivity index (χ2v) is 4.06. The van der Waals surface area contributed by atoms with E-state index in [4.69, 9.17) is 11.6 Å². The van der Waals surface area contributed by atoms with Crippen LogP contribution in [0, 0.1) is 0 Å². The van der Waals surface area contributed by atoms with E-state index in [9.17, 15) is 18.0 Å². The van der Waals surface area contributed by atoms with Crippen molar-refractivity contribution in [3.63, 3.8) is 0 Å². The van der Waals surface area contributed by atoms with Crippen molar-refractivity contribution in [2.45, 2.75) is 13.1 Å². The van der Waals surface area contributed by atoms with Crippen LogP contribution in [-0.4, -0.2) is 32.3 Å². The molecule has 2 aromatic heterocycles. The summed E-state index contributed by atoms with van der Waals surface area (Å²) in [5.41, 5.74) is -1.98. The Morgan fingerprint density at radius 3 is 2.76 bits per heavy atom. The van der Waals surface area contributed by atoms with Gasteiger partial charge in [-0.1, -0.05) is 0 Å². The van der Waals surface area contributed by atoms with E-state index in [1.165, 1.54) is 19.2 Å². The second-order valence-electron chi connectivity index (χ2n) is 3.72. The minimum atomic E-state index is -4.82. The van der Waals surface area contributed by atoms with Gasteiger partial charge < -0.3 is 4.74 Å². The van der Waals surface area contributed by atoms with Crippen molar-refractivity contribution in [3.05, 3.63) is 35.0 Å². The fourth-order valence-corrected chi connectivity index (χ4v) is 1.74. The van der Waals surface area contributed by atoms with Crippen molar-refractivity contribution in [2.75, 3.05) is 6.61 Å². The monoisotopic (exact) mass is 320 g/mol. The largest absolute Gasteiger partial charge is 0.462 e. The lowest BCUT2D eigenvalue weighted by atomic mass is 10.2. The summed E-state index contributed by atoms with van der Waals surface area (Å²) in [6, 6.07) is 1.18. The molecule has 0 aliphatic heterocycles. The van der Waals surface area contributed by atoms with Crippen LogP contribution in [0.1, 0.15) is 23.0 Å². The van der Waals surface area contributed by atoms with E-state index in [-0.39, 0.29) is 17.7 Å². The van der Waals surface area contributed by atoms with Gasteiger partial charge >= 0.3 is 12.1 Å². The van der Waals surface area contributed by atoms with Crippen LogP contribution in [0.3, 0.4) is 0 Å². The predicted octanol–water partition coefficient (Wildman–Crippen LogP) is 2.51. The van der Waals surface area contributed by atoms with Gasteiger partial charge in [0.1, 0.15) is 5.56 Å². The van der Waals surface area contributed by atoms with Crippen molar-refractivity contribution in [1.82, 2.24) is 19.7 Å². The first-order valence-electron chi connectivity index (χ1n) is 5.66. The average Bonchev–Trinajstić information content (AvgIpc) is 2.83. The van der Waals surface area contributed by atoms with E-state index in [1.54, 1.807) is 0 Å². The maximum Gasteiger partial charge on any atom is 0.434 e. The SMILES string of the molecule is CCOC(=O)c1cnn(-c2ccnc(Cl)n2)c1C(F)(F)F. The quantitative estimate of drug-likeness (QED) is 0.642. The van der Waals surface area contributed by atoms with Crippen molar-refractivity contribution in [1.29, 1.82) is 0 Å². The number of hydrogen-bond donors (Lipinski definition) is 0. The smallest absolute Gasteiger partial charge is 0.434 e.